The highest BCUT2D eigenvalue weighted by Crippen LogP contribution is 2.02. The molecule has 108 valence electrons. The molecule has 1 aliphatic heterocycles. The molecule has 0 spiro atoms. The van der Waals surface area contributed by atoms with Gasteiger partial charge in [0.1, 0.15) is 5.82 Å². The van der Waals surface area contributed by atoms with Crippen molar-refractivity contribution in [3.05, 3.63) is 18.1 Å². The summed E-state index contributed by atoms with van der Waals surface area (Å²) in [5.41, 5.74) is 0.131. The van der Waals surface area contributed by atoms with Crippen LogP contribution in [-0.4, -0.2) is 66.6 Å². The Bertz CT molecular complexity index is 470. The van der Waals surface area contributed by atoms with Crippen molar-refractivity contribution in [2.75, 3.05) is 45.2 Å². The summed E-state index contributed by atoms with van der Waals surface area (Å²) in [5, 5.41) is 6.07. The summed E-state index contributed by atoms with van der Waals surface area (Å²) < 4.78 is 4.53. The number of anilines is 1. The summed E-state index contributed by atoms with van der Waals surface area (Å²) in [4.78, 5) is 32.8. The van der Waals surface area contributed by atoms with Gasteiger partial charge in [-0.15, -0.1) is 0 Å². The first-order chi connectivity index (χ1) is 9.70. The van der Waals surface area contributed by atoms with E-state index in [2.05, 4.69) is 25.3 Å². The molecule has 0 bridgehead atoms. The number of hydrogen-bond donors (Lipinski definition) is 2. The molecular weight excluding hydrogens is 262 g/mol. The first-order valence-electron chi connectivity index (χ1n) is 6.33. The van der Waals surface area contributed by atoms with Crippen LogP contribution in [-0.2, 0) is 9.53 Å². The van der Waals surface area contributed by atoms with Crippen molar-refractivity contribution in [3.63, 3.8) is 0 Å². The van der Waals surface area contributed by atoms with Crippen LogP contribution < -0.4 is 10.6 Å². The quantitative estimate of drug-likeness (QED) is 0.690. The zero-order chi connectivity index (χ0) is 14.4. The number of methoxy groups -OCH3 is 1. The second-order valence-electron chi connectivity index (χ2n) is 4.26. The molecule has 8 heteroatoms. The molecule has 1 aliphatic rings. The Morgan fingerprint density at radius 3 is 2.70 bits per heavy atom. The molecule has 1 aromatic heterocycles. The van der Waals surface area contributed by atoms with Crippen molar-refractivity contribution in [1.82, 2.24) is 20.2 Å². The number of rotatable bonds is 4. The molecule has 8 nitrogen and oxygen atoms in total. The standard InChI is InChI=1S/C12H17N5O3/c1-20-12(19)9-6-15-10(7-14-9)16-8-11(18)17-4-2-13-3-5-17/h6-7,13H,2-5,8H2,1H3,(H,15,16). The lowest BCUT2D eigenvalue weighted by atomic mass is 10.3. The van der Waals surface area contributed by atoms with Crippen molar-refractivity contribution >= 4 is 17.7 Å². The minimum atomic E-state index is -0.541. The van der Waals surface area contributed by atoms with Crippen LogP contribution in [0.1, 0.15) is 10.5 Å². The van der Waals surface area contributed by atoms with Gasteiger partial charge in [-0.1, -0.05) is 0 Å². The number of hydrogen-bond acceptors (Lipinski definition) is 7. The largest absolute Gasteiger partial charge is 0.464 e. The van der Waals surface area contributed by atoms with Gasteiger partial charge in [0.15, 0.2) is 5.69 Å². The van der Waals surface area contributed by atoms with Gasteiger partial charge < -0.3 is 20.3 Å². The van der Waals surface area contributed by atoms with Crippen molar-refractivity contribution in [2.45, 2.75) is 0 Å². The van der Waals surface area contributed by atoms with Gasteiger partial charge in [-0.25, -0.2) is 14.8 Å². The fourth-order valence-electron chi connectivity index (χ4n) is 1.82. The summed E-state index contributed by atoms with van der Waals surface area (Å²) in [6, 6.07) is 0. The lowest BCUT2D eigenvalue weighted by Crippen LogP contribution is -2.48. The highest BCUT2D eigenvalue weighted by molar-refractivity contribution is 5.86. The highest BCUT2D eigenvalue weighted by atomic mass is 16.5. The predicted molar refractivity (Wildman–Crippen MR) is 71.3 cm³/mol. The van der Waals surface area contributed by atoms with Crippen molar-refractivity contribution in [1.29, 1.82) is 0 Å². The van der Waals surface area contributed by atoms with Crippen LogP contribution in [0.2, 0.25) is 0 Å². The van der Waals surface area contributed by atoms with Crippen LogP contribution in [0.3, 0.4) is 0 Å². The highest BCUT2D eigenvalue weighted by Gasteiger charge is 2.15. The van der Waals surface area contributed by atoms with E-state index < -0.39 is 5.97 Å². The molecule has 0 saturated carbocycles. The number of aromatic nitrogens is 2. The van der Waals surface area contributed by atoms with E-state index in [1.165, 1.54) is 19.5 Å². The maximum absolute atomic E-state index is 11.9. The normalized spacial score (nSPS) is 14.8. The van der Waals surface area contributed by atoms with Crippen LogP contribution in [0.25, 0.3) is 0 Å². The van der Waals surface area contributed by atoms with E-state index in [0.717, 1.165) is 13.1 Å². The number of esters is 1. The molecule has 0 atom stereocenters. The van der Waals surface area contributed by atoms with Crippen LogP contribution >= 0.6 is 0 Å². The molecule has 20 heavy (non-hydrogen) atoms. The monoisotopic (exact) mass is 279 g/mol. The third kappa shape index (κ3) is 3.64. The molecular formula is C12H17N5O3. The fourth-order valence-corrected chi connectivity index (χ4v) is 1.82. The Morgan fingerprint density at radius 2 is 2.10 bits per heavy atom. The van der Waals surface area contributed by atoms with Crippen LogP contribution in [0, 0.1) is 0 Å². The van der Waals surface area contributed by atoms with Crippen molar-refractivity contribution in [2.24, 2.45) is 0 Å². The minimum Gasteiger partial charge on any atom is -0.464 e. The molecule has 0 aliphatic carbocycles. The Kier molecular flexibility index (Phi) is 4.83. The van der Waals surface area contributed by atoms with Gasteiger partial charge in [0.05, 0.1) is 26.0 Å². The van der Waals surface area contributed by atoms with Gasteiger partial charge in [-0.3, -0.25) is 4.79 Å². The molecule has 1 aromatic rings. The van der Waals surface area contributed by atoms with Gasteiger partial charge in [0, 0.05) is 26.2 Å². The molecule has 0 aromatic carbocycles. The summed E-state index contributed by atoms with van der Waals surface area (Å²) in [5.74, 6) is -0.0765. The lowest BCUT2D eigenvalue weighted by Gasteiger charge is -2.27. The van der Waals surface area contributed by atoms with Crippen LogP contribution in [0.15, 0.2) is 12.4 Å². The Hall–Kier alpha value is -2.22. The molecule has 2 heterocycles. The Morgan fingerprint density at radius 1 is 1.35 bits per heavy atom. The van der Waals surface area contributed by atoms with E-state index >= 15 is 0 Å². The molecule has 2 rings (SSSR count). The van der Waals surface area contributed by atoms with E-state index in [-0.39, 0.29) is 18.1 Å². The maximum atomic E-state index is 11.9. The van der Waals surface area contributed by atoms with Gasteiger partial charge >= 0.3 is 5.97 Å². The van der Waals surface area contributed by atoms with E-state index in [1.807, 2.05) is 0 Å². The molecule has 1 saturated heterocycles. The average molecular weight is 279 g/mol. The van der Waals surface area contributed by atoms with Crippen LogP contribution in [0.5, 0.6) is 0 Å². The topological polar surface area (TPSA) is 96.4 Å². The van der Waals surface area contributed by atoms with E-state index in [4.69, 9.17) is 0 Å². The number of nitrogens with one attached hydrogen (secondary N) is 2. The number of carbonyl (C=O) groups is 2. The van der Waals surface area contributed by atoms with E-state index in [0.29, 0.717) is 18.9 Å². The number of amides is 1. The summed E-state index contributed by atoms with van der Waals surface area (Å²) in [7, 11) is 1.28. The van der Waals surface area contributed by atoms with Gasteiger partial charge in [0.2, 0.25) is 5.91 Å². The van der Waals surface area contributed by atoms with E-state index in [1.54, 1.807) is 4.90 Å². The third-order valence-corrected chi connectivity index (χ3v) is 2.94. The third-order valence-electron chi connectivity index (χ3n) is 2.94. The second-order valence-corrected chi connectivity index (χ2v) is 4.26. The SMILES string of the molecule is COC(=O)c1cnc(NCC(=O)N2CCNCC2)cn1. The minimum absolute atomic E-state index is 0.0188. The zero-order valence-corrected chi connectivity index (χ0v) is 11.3. The first-order valence-corrected chi connectivity index (χ1v) is 6.33. The summed E-state index contributed by atoms with van der Waals surface area (Å²) in [6.07, 6.45) is 2.71. The Balaban J connectivity index is 1.84. The maximum Gasteiger partial charge on any atom is 0.358 e. The van der Waals surface area contributed by atoms with Gasteiger partial charge in [-0.2, -0.15) is 0 Å². The van der Waals surface area contributed by atoms with Crippen molar-refractivity contribution in [3.8, 4) is 0 Å². The number of piperazine rings is 1. The predicted octanol–water partition coefficient (Wildman–Crippen LogP) is -0.893. The lowest BCUT2D eigenvalue weighted by molar-refractivity contribution is -0.129. The fraction of sp³-hybridized carbons (Fsp3) is 0.500. The summed E-state index contributed by atoms with van der Waals surface area (Å²) >= 11 is 0. The summed E-state index contributed by atoms with van der Waals surface area (Å²) in [6.45, 7) is 3.23. The van der Waals surface area contributed by atoms with E-state index in [9.17, 15) is 9.59 Å². The Labute approximate surface area is 116 Å². The molecule has 0 radical (unpaired) electrons. The number of carbonyl (C=O) groups excluding carboxylic acids is 2. The average Bonchev–Trinajstić information content (AvgIpc) is 2.53. The molecule has 1 fully saturated rings. The second kappa shape index (κ2) is 6.80. The van der Waals surface area contributed by atoms with Gasteiger partial charge in [0.25, 0.3) is 0 Å². The first kappa shape index (κ1) is 14.2. The number of ether oxygens (including phenoxy) is 1. The van der Waals surface area contributed by atoms with Gasteiger partial charge in [-0.05, 0) is 0 Å². The van der Waals surface area contributed by atoms with Crippen LogP contribution in [0.4, 0.5) is 5.82 Å². The number of nitrogens with zero attached hydrogens (tertiary/aromatic N) is 3. The smallest absolute Gasteiger partial charge is 0.358 e. The van der Waals surface area contributed by atoms with Crippen molar-refractivity contribution < 1.29 is 14.3 Å². The molecule has 1 amide bonds. The molecule has 0 unspecified atom stereocenters. The molecule has 2 N–H and O–H groups in total. The zero-order valence-electron chi connectivity index (χ0n) is 11.3.